The van der Waals surface area contributed by atoms with E-state index in [1.54, 1.807) is 0 Å². The van der Waals surface area contributed by atoms with Crippen LogP contribution in [0.15, 0.2) is 0 Å². The third-order valence-corrected chi connectivity index (χ3v) is 2.13. The minimum atomic E-state index is -0.746. The van der Waals surface area contributed by atoms with Crippen LogP contribution in [0.4, 0.5) is 0 Å². The van der Waals surface area contributed by atoms with E-state index in [0.29, 0.717) is 12.8 Å². The van der Waals surface area contributed by atoms with E-state index in [1.807, 2.05) is 0 Å². The summed E-state index contributed by atoms with van der Waals surface area (Å²) in [5.74, 6) is -0.221. The van der Waals surface area contributed by atoms with Gasteiger partial charge in [-0.1, -0.05) is 0 Å². The average molecular weight is 174 g/mol. The maximum absolute atomic E-state index is 10.7. The Balaban J connectivity index is 0.00000121. The van der Waals surface area contributed by atoms with Crippen LogP contribution >= 0.6 is 0 Å². The van der Waals surface area contributed by atoms with E-state index in [4.69, 9.17) is 5.11 Å². The van der Waals surface area contributed by atoms with Gasteiger partial charge in [-0.25, -0.2) is 0 Å². The molecule has 70 valence electrons. The monoisotopic (exact) mass is 174 g/mol. The predicted molar refractivity (Wildman–Crippen MR) is 42.8 cm³/mol. The number of carbonyl (C=O) groups is 2. The standard InChI is InChI=1S/C8H12O3.H2O/c9-7-3-1-6(2-4-7)5-8(10)11;/h6H,1-5H2,(H,10,11);1H2. The van der Waals surface area contributed by atoms with Gasteiger partial charge in [0.15, 0.2) is 0 Å². The Hall–Kier alpha value is -0.900. The number of hydrogen-bond donors (Lipinski definition) is 1. The Morgan fingerprint density at radius 3 is 2.33 bits per heavy atom. The fraction of sp³-hybridized carbons (Fsp3) is 0.750. The molecular weight excluding hydrogens is 160 g/mol. The van der Waals surface area contributed by atoms with Crippen LogP contribution in [0.1, 0.15) is 32.1 Å². The molecule has 0 saturated heterocycles. The fourth-order valence-electron chi connectivity index (χ4n) is 1.45. The number of Topliss-reactive ketones (excluding diaryl/α,β-unsaturated/α-hetero) is 1. The maximum atomic E-state index is 10.7. The molecule has 1 rings (SSSR count). The molecule has 0 heterocycles. The molecule has 0 aliphatic heterocycles. The minimum absolute atomic E-state index is 0. The summed E-state index contributed by atoms with van der Waals surface area (Å²) in [5.41, 5.74) is 0. The van der Waals surface area contributed by atoms with Crippen molar-refractivity contribution in [2.24, 2.45) is 5.92 Å². The zero-order valence-electron chi connectivity index (χ0n) is 6.88. The van der Waals surface area contributed by atoms with Gasteiger partial charge in [0.1, 0.15) is 5.78 Å². The number of hydrogen-bond acceptors (Lipinski definition) is 2. The smallest absolute Gasteiger partial charge is 0.303 e. The molecule has 1 saturated carbocycles. The molecule has 0 unspecified atom stereocenters. The van der Waals surface area contributed by atoms with Crippen LogP contribution in [-0.2, 0) is 9.59 Å². The fourth-order valence-corrected chi connectivity index (χ4v) is 1.45. The van der Waals surface area contributed by atoms with Crippen LogP contribution in [0, 0.1) is 5.92 Å². The van der Waals surface area contributed by atoms with Crippen LogP contribution in [0.5, 0.6) is 0 Å². The number of rotatable bonds is 2. The highest BCUT2D eigenvalue weighted by Gasteiger charge is 2.20. The second kappa shape index (κ2) is 4.87. The van der Waals surface area contributed by atoms with Crippen molar-refractivity contribution in [3.63, 3.8) is 0 Å². The first-order chi connectivity index (χ1) is 5.18. The van der Waals surface area contributed by atoms with Crippen molar-refractivity contribution in [3.8, 4) is 0 Å². The first-order valence-corrected chi connectivity index (χ1v) is 3.92. The lowest BCUT2D eigenvalue weighted by atomic mass is 9.86. The summed E-state index contributed by atoms with van der Waals surface area (Å²) in [6.45, 7) is 0. The second-order valence-electron chi connectivity index (χ2n) is 3.08. The van der Waals surface area contributed by atoms with Crippen LogP contribution < -0.4 is 0 Å². The Morgan fingerprint density at radius 2 is 1.92 bits per heavy atom. The number of carboxylic acid groups (broad SMARTS) is 1. The first-order valence-electron chi connectivity index (χ1n) is 3.92. The highest BCUT2D eigenvalue weighted by molar-refractivity contribution is 5.79. The van der Waals surface area contributed by atoms with Gasteiger partial charge >= 0.3 is 5.97 Å². The van der Waals surface area contributed by atoms with Crippen LogP contribution in [-0.4, -0.2) is 22.3 Å². The number of carboxylic acids is 1. The summed E-state index contributed by atoms with van der Waals surface area (Å²) in [7, 11) is 0. The van der Waals surface area contributed by atoms with Crippen LogP contribution in [0.25, 0.3) is 0 Å². The highest BCUT2D eigenvalue weighted by atomic mass is 16.4. The largest absolute Gasteiger partial charge is 0.481 e. The average Bonchev–Trinajstić information content (AvgIpc) is 1.93. The van der Waals surface area contributed by atoms with Crippen molar-refractivity contribution in [2.75, 3.05) is 0 Å². The summed E-state index contributed by atoms with van der Waals surface area (Å²) in [6.07, 6.45) is 2.93. The summed E-state index contributed by atoms with van der Waals surface area (Å²) in [5, 5.41) is 8.45. The van der Waals surface area contributed by atoms with Crippen molar-refractivity contribution in [3.05, 3.63) is 0 Å². The van der Waals surface area contributed by atoms with E-state index >= 15 is 0 Å². The van der Waals surface area contributed by atoms with Crippen molar-refractivity contribution in [2.45, 2.75) is 32.1 Å². The molecule has 0 atom stereocenters. The van der Waals surface area contributed by atoms with Gasteiger partial charge in [0.2, 0.25) is 0 Å². The van der Waals surface area contributed by atoms with E-state index in [2.05, 4.69) is 0 Å². The van der Waals surface area contributed by atoms with E-state index in [9.17, 15) is 9.59 Å². The molecule has 1 fully saturated rings. The van der Waals surface area contributed by atoms with Gasteiger partial charge in [0, 0.05) is 19.3 Å². The predicted octanol–water partition coefficient (Wildman–Crippen LogP) is 0.396. The molecule has 4 heteroatoms. The summed E-state index contributed by atoms with van der Waals surface area (Å²) in [4.78, 5) is 21.0. The lowest BCUT2D eigenvalue weighted by Crippen LogP contribution is -2.16. The minimum Gasteiger partial charge on any atom is -0.481 e. The lowest BCUT2D eigenvalue weighted by molar-refractivity contribution is -0.139. The zero-order chi connectivity index (χ0) is 8.27. The molecule has 3 N–H and O–H groups in total. The topological polar surface area (TPSA) is 85.9 Å². The highest BCUT2D eigenvalue weighted by Crippen LogP contribution is 2.23. The Bertz CT molecular complexity index is 166. The molecule has 0 aromatic heterocycles. The normalized spacial score (nSPS) is 18.5. The summed E-state index contributed by atoms with van der Waals surface area (Å²) in [6, 6.07) is 0. The molecular formula is C8H14O4. The third kappa shape index (κ3) is 3.48. The number of carbonyl (C=O) groups excluding carboxylic acids is 1. The van der Waals surface area contributed by atoms with Gasteiger partial charge in [-0.15, -0.1) is 0 Å². The third-order valence-electron chi connectivity index (χ3n) is 2.13. The number of ketones is 1. The van der Waals surface area contributed by atoms with E-state index in [0.717, 1.165) is 12.8 Å². The molecule has 0 spiro atoms. The van der Waals surface area contributed by atoms with E-state index in [1.165, 1.54) is 0 Å². The van der Waals surface area contributed by atoms with E-state index in [-0.39, 0.29) is 23.6 Å². The van der Waals surface area contributed by atoms with Crippen molar-refractivity contribution in [1.82, 2.24) is 0 Å². The second-order valence-corrected chi connectivity index (χ2v) is 3.08. The molecule has 0 bridgehead atoms. The zero-order valence-corrected chi connectivity index (χ0v) is 6.88. The van der Waals surface area contributed by atoms with E-state index < -0.39 is 5.97 Å². The van der Waals surface area contributed by atoms with Crippen LogP contribution in [0.3, 0.4) is 0 Å². The SMILES string of the molecule is O.O=C(O)CC1CCC(=O)CC1. The Morgan fingerprint density at radius 1 is 1.42 bits per heavy atom. The molecule has 1 aliphatic carbocycles. The summed E-state index contributed by atoms with van der Waals surface area (Å²) < 4.78 is 0. The van der Waals surface area contributed by atoms with Gasteiger partial charge in [-0.05, 0) is 18.8 Å². The molecule has 12 heavy (non-hydrogen) atoms. The van der Waals surface area contributed by atoms with Crippen molar-refractivity contribution in [1.29, 1.82) is 0 Å². The van der Waals surface area contributed by atoms with Gasteiger partial charge in [-0.3, -0.25) is 9.59 Å². The molecule has 4 nitrogen and oxygen atoms in total. The number of aliphatic carboxylic acids is 1. The summed E-state index contributed by atoms with van der Waals surface area (Å²) >= 11 is 0. The molecule has 0 radical (unpaired) electrons. The van der Waals surface area contributed by atoms with Gasteiger partial charge < -0.3 is 10.6 Å². The van der Waals surface area contributed by atoms with Crippen molar-refractivity contribution < 1.29 is 20.2 Å². The quantitative estimate of drug-likeness (QED) is 0.657. The maximum Gasteiger partial charge on any atom is 0.303 e. The lowest BCUT2D eigenvalue weighted by Gasteiger charge is -2.18. The molecule has 1 aliphatic rings. The molecule has 0 amide bonds. The van der Waals surface area contributed by atoms with Gasteiger partial charge in [0.25, 0.3) is 0 Å². The van der Waals surface area contributed by atoms with Crippen molar-refractivity contribution >= 4 is 11.8 Å². The molecule has 0 aromatic rings. The van der Waals surface area contributed by atoms with Crippen LogP contribution in [0.2, 0.25) is 0 Å². The first kappa shape index (κ1) is 11.1. The van der Waals surface area contributed by atoms with Gasteiger partial charge in [0.05, 0.1) is 0 Å². The van der Waals surface area contributed by atoms with Gasteiger partial charge in [-0.2, -0.15) is 0 Å². The Kier molecular flexibility index (Phi) is 4.51. The molecule has 0 aromatic carbocycles. The Labute approximate surface area is 70.9 Å².